The Morgan fingerprint density at radius 1 is 1.38 bits per heavy atom. The Kier molecular flexibility index (Phi) is 5.75. The van der Waals surface area contributed by atoms with Crippen LogP contribution < -0.4 is 5.32 Å². The van der Waals surface area contributed by atoms with Gasteiger partial charge < -0.3 is 5.32 Å². The van der Waals surface area contributed by atoms with Crippen molar-refractivity contribution in [1.29, 1.82) is 0 Å². The molecule has 6 heteroatoms. The van der Waals surface area contributed by atoms with E-state index in [2.05, 4.69) is 28.2 Å². The van der Waals surface area contributed by atoms with E-state index in [1.165, 1.54) is 0 Å². The first-order chi connectivity index (χ1) is 12.6. The van der Waals surface area contributed by atoms with Gasteiger partial charge in [-0.15, -0.1) is 0 Å². The topological polar surface area (TPSA) is 49.6 Å². The maximum Gasteiger partial charge on any atom is 0.324 e. The Morgan fingerprint density at radius 3 is 3.00 bits per heavy atom. The first-order valence-electron chi connectivity index (χ1n) is 8.86. The van der Waals surface area contributed by atoms with Crippen LogP contribution in [0.3, 0.4) is 0 Å². The number of unbranched alkanes of at least 4 members (excludes halogenated alkanes) is 2. The molecule has 2 aromatic rings. The summed E-state index contributed by atoms with van der Waals surface area (Å²) in [4.78, 5) is 21.2. The molecule has 2 heterocycles. The number of hydrogen-bond donors (Lipinski definition) is 1. The summed E-state index contributed by atoms with van der Waals surface area (Å²) in [5, 5.41) is 6.03. The number of nitrogens with zero attached hydrogens (tertiary/aromatic N) is 3. The molecule has 1 aromatic heterocycles. The quantitative estimate of drug-likeness (QED) is 0.595. The summed E-state index contributed by atoms with van der Waals surface area (Å²) in [5.41, 5.74) is 2.96. The average Bonchev–Trinajstić information content (AvgIpc) is 2.66. The minimum atomic E-state index is -0.161. The van der Waals surface area contributed by atoms with Crippen LogP contribution in [0.5, 0.6) is 0 Å². The van der Waals surface area contributed by atoms with Crippen molar-refractivity contribution in [2.24, 2.45) is 0 Å². The van der Waals surface area contributed by atoms with Crippen LogP contribution in [0.25, 0.3) is 21.4 Å². The zero-order valence-corrected chi connectivity index (χ0v) is 15.8. The molecule has 0 unspecified atom stereocenters. The smallest absolute Gasteiger partial charge is 0.324 e. The van der Waals surface area contributed by atoms with Crippen LogP contribution in [-0.2, 0) is 0 Å². The number of carbonyl (C=O) groups is 1. The Labute approximate surface area is 158 Å². The van der Waals surface area contributed by atoms with Gasteiger partial charge in [-0.25, -0.2) is 4.98 Å². The van der Waals surface area contributed by atoms with Crippen molar-refractivity contribution in [3.63, 3.8) is 0 Å². The number of para-hydroxylation sites is 1. The first-order valence-corrected chi connectivity index (χ1v) is 9.24. The molecule has 0 aliphatic carbocycles. The molecule has 134 valence electrons. The first kappa shape index (κ1) is 18.2. The predicted molar refractivity (Wildman–Crippen MR) is 106 cm³/mol. The van der Waals surface area contributed by atoms with Gasteiger partial charge in [-0.3, -0.25) is 4.79 Å². The van der Waals surface area contributed by atoms with E-state index in [4.69, 9.17) is 11.6 Å². The van der Waals surface area contributed by atoms with Gasteiger partial charge in [0.2, 0.25) is 0 Å². The second-order valence-electron chi connectivity index (χ2n) is 6.26. The number of pyridine rings is 1. The molecule has 0 saturated heterocycles. The third-order valence-electron chi connectivity index (χ3n) is 4.35. The zero-order valence-electron chi connectivity index (χ0n) is 15.1. The number of benzene rings is 1. The molecule has 1 N–H and O–H groups in total. The number of rotatable bonds is 6. The molecule has 0 atom stereocenters. The van der Waals surface area contributed by atoms with Crippen LogP contribution >= 0.6 is 11.6 Å². The van der Waals surface area contributed by atoms with Crippen molar-refractivity contribution in [2.75, 3.05) is 13.6 Å². The predicted octanol–water partition coefficient (Wildman–Crippen LogP) is 4.65. The van der Waals surface area contributed by atoms with E-state index in [0.717, 1.165) is 41.3 Å². The van der Waals surface area contributed by atoms with Gasteiger partial charge in [-0.05, 0) is 29.1 Å². The highest BCUT2D eigenvalue weighted by Gasteiger charge is 2.24. The summed E-state index contributed by atoms with van der Waals surface area (Å²) in [6, 6.07) is 12.5. The Hall–Kier alpha value is -2.58. The molecule has 0 spiro atoms. The molecule has 0 bridgehead atoms. The lowest BCUT2D eigenvalue weighted by Crippen LogP contribution is -2.25. The largest absolute Gasteiger partial charge is 0.351 e. The van der Waals surface area contributed by atoms with Crippen molar-refractivity contribution < 1.29 is 4.79 Å². The molecule has 0 radical (unpaired) electrons. The fourth-order valence-corrected chi connectivity index (χ4v) is 3.15. The summed E-state index contributed by atoms with van der Waals surface area (Å²) in [6.07, 6.45) is 3.68. The Balaban J connectivity index is 2.00. The fraction of sp³-hybridized carbons (Fsp3) is 0.350. The summed E-state index contributed by atoms with van der Waals surface area (Å²) in [6.45, 7) is 2.79. The molecular formula is C20H22ClN4O+. The summed E-state index contributed by atoms with van der Waals surface area (Å²) >= 11 is 6.47. The fourth-order valence-electron chi connectivity index (χ4n) is 2.95. The van der Waals surface area contributed by atoms with E-state index in [9.17, 15) is 4.79 Å². The minimum Gasteiger partial charge on any atom is -0.351 e. The van der Waals surface area contributed by atoms with Crippen LogP contribution in [0, 0.1) is 6.07 Å². The summed E-state index contributed by atoms with van der Waals surface area (Å²) < 4.78 is 0. The van der Waals surface area contributed by atoms with Gasteiger partial charge in [0.05, 0.1) is 17.5 Å². The van der Waals surface area contributed by atoms with Gasteiger partial charge in [-0.2, -0.15) is 0 Å². The van der Waals surface area contributed by atoms with E-state index in [0.29, 0.717) is 23.8 Å². The van der Waals surface area contributed by atoms with E-state index in [-0.39, 0.29) is 5.91 Å². The highest BCUT2D eigenvalue weighted by Crippen LogP contribution is 2.33. The molecule has 1 aliphatic heterocycles. The molecule has 5 nitrogen and oxygen atoms in total. The van der Waals surface area contributed by atoms with E-state index in [1.54, 1.807) is 12.1 Å². The zero-order chi connectivity index (χ0) is 18.5. The van der Waals surface area contributed by atoms with Crippen LogP contribution in [0.1, 0.15) is 48.7 Å². The second-order valence-corrected chi connectivity index (χ2v) is 6.62. The highest BCUT2D eigenvalue weighted by molar-refractivity contribution is 6.32. The SMILES string of the molecule is CCCCCNC(=O)c1cc(C2=C(Cl)N(C)[N+]#CC2)c2ccccc2n1. The Bertz CT molecular complexity index is 926. The number of hydrogen-bond acceptors (Lipinski definition) is 3. The highest BCUT2D eigenvalue weighted by atomic mass is 35.5. The van der Waals surface area contributed by atoms with Crippen molar-refractivity contribution in [2.45, 2.75) is 32.6 Å². The van der Waals surface area contributed by atoms with Gasteiger partial charge in [0.1, 0.15) is 12.1 Å². The van der Waals surface area contributed by atoms with E-state index >= 15 is 0 Å². The lowest BCUT2D eigenvalue weighted by atomic mass is 9.98. The number of fused-ring (bicyclic) bond motifs is 1. The molecule has 1 aromatic carbocycles. The molecule has 1 aliphatic rings. The van der Waals surface area contributed by atoms with Gasteiger partial charge in [0, 0.05) is 17.5 Å². The van der Waals surface area contributed by atoms with Gasteiger partial charge in [-0.1, -0.05) is 49.6 Å². The Morgan fingerprint density at radius 2 is 2.19 bits per heavy atom. The van der Waals surface area contributed by atoms with Gasteiger partial charge >= 0.3 is 6.07 Å². The van der Waals surface area contributed by atoms with Crippen molar-refractivity contribution in [1.82, 2.24) is 15.3 Å². The van der Waals surface area contributed by atoms with Crippen molar-refractivity contribution in [3.8, 4) is 6.07 Å². The van der Waals surface area contributed by atoms with Crippen LogP contribution in [0.2, 0.25) is 0 Å². The lowest BCUT2D eigenvalue weighted by Gasteiger charge is -2.13. The van der Waals surface area contributed by atoms with E-state index in [1.807, 2.05) is 30.3 Å². The lowest BCUT2D eigenvalue weighted by molar-refractivity contribution is 0.0948. The van der Waals surface area contributed by atoms with Crippen molar-refractivity contribution in [3.05, 3.63) is 51.7 Å². The van der Waals surface area contributed by atoms with Crippen molar-refractivity contribution >= 4 is 34.0 Å². The number of aromatic nitrogens is 1. The summed E-state index contributed by atoms with van der Waals surface area (Å²) in [7, 11) is 1.78. The summed E-state index contributed by atoms with van der Waals surface area (Å²) in [5.74, 6) is -0.161. The molecule has 0 saturated carbocycles. The van der Waals surface area contributed by atoms with Crippen LogP contribution in [0.4, 0.5) is 0 Å². The molecular weight excluding hydrogens is 348 g/mol. The maximum absolute atomic E-state index is 12.6. The van der Waals surface area contributed by atoms with Gasteiger partial charge in [0.25, 0.3) is 5.91 Å². The molecule has 3 rings (SSSR count). The molecule has 26 heavy (non-hydrogen) atoms. The maximum atomic E-state index is 12.6. The second kappa shape index (κ2) is 8.20. The minimum absolute atomic E-state index is 0.161. The monoisotopic (exact) mass is 369 g/mol. The number of amides is 1. The van der Waals surface area contributed by atoms with Crippen LogP contribution in [-0.4, -0.2) is 29.5 Å². The van der Waals surface area contributed by atoms with Gasteiger partial charge in [0.15, 0.2) is 5.16 Å². The normalized spacial score (nSPS) is 13.6. The third-order valence-corrected chi connectivity index (χ3v) is 4.82. The van der Waals surface area contributed by atoms with Crippen LogP contribution in [0.15, 0.2) is 35.5 Å². The average molecular weight is 370 g/mol. The molecule has 1 amide bonds. The number of allylic oxidation sites excluding steroid dienone is 1. The van der Waals surface area contributed by atoms with E-state index < -0.39 is 0 Å². The standard InChI is InChI=1S/C20H21ClN4O/c1-3-4-7-11-22-20(26)18-13-16(14-8-5-6-9-17(14)24-18)15-10-12-23-25(2)19(15)21/h5-6,8-9,13H,3-4,7,10-11H2,1-2H3/p+1. The third kappa shape index (κ3) is 3.81. The number of carbonyl (C=O) groups excluding carboxylic acids is 1. The number of nitrogens with one attached hydrogen (secondary N) is 1. The molecule has 0 fully saturated rings. The number of halogens is 1.